The van der Waals surface area contributed by atoms with Crippen molar-refractivity contribution >= 4 is 5.91 Å². The first-order valence-corrected chi connectivity index (χ1v) is 7.89. The lowest BCUT2D eigenvalue weighted by molar-refractivity contribution is 0.0822. The highest BCUT2D eigenvalue weighted by Crippen LogP contribution is 2.23. The number of hydrogen-bond donors (Lipinski definition) is 2. The molecule has 0 aliphatic carbocycles. The Labute approximate surface area is 136 Å². The lowest BCUT2D eigenvalue weighted by atomic mass is 10.0. The number of carbonyl (C=O) groups excluding carboxylic acids is 1. The van der Waals surface area contributed by atoms with E-state index in [-0.39, 0.29) is 5.91 Å². The van der Waals surface area contributed by atoms with Gasteiger partial charge < -0.3 is 15.2 Å². The number of nitrogens with one attached hydrogen (secondary N) is 2. The van der Waals surface area contributed by atoms with Crippen LogP contribution in [0.4, 0.5) is 0 Å². The average Bonchev–Trinajstić information content (AvgIpc) is 3.04. The van der Waals surface area contributed by atoms with Crippen molar-refractivity contribution in [2.75, 3.05) is 33.7 Å². The maximum absolute atomic E-state index is 12.0. The maximum Gasteiger partial charge on any atom is 0.269 e. The van der Waals surface area contributed by atoms with Crippen molar-refractivity contribution in [1.29, 1.82) is 0 Å². The summed E-state index contributed by atoms with van der Waals surface area (Å²) in [7, 11) is 3.53. The summed E-state index contributed by atoms with van der Waals surface area (Å²) >= 11 is 0. The van der Waals surface area contributed by atoms with Gasteiger partial charge in [-0.2, -0.15) is 0 Å². The van der Waals surface area contributed by atoms with Gasteiger partial charge in [-0.3, -0.25) is 14.7 Å². The fourth-order valence-electron chi connectivity index (χ4n) is 2.97. The van der Waals surface area contributed by atoms with E-state index in [1.165, 1.54) is 5.56 Å². The van der Waals surface area contributed by atoms with E-state index in [2.05, 4.69) is 32.3 Å². The predicted molar refractivity (Wildman–Crippen MR) is 89.1 cm³/mol. The Bertz CT molecular complexity index is 652. The van der Waals surface area contributed by atoms with Crippen LogP contribution >= 0.6 is 0 Å². The minimum atomic E-state index is 0.00208. The van der Waals surface area contributed by atoms with Gasteiger partial charge in [0.1, 0.15) is 5.69 Å². The molecule has 1 aliphatic rings. The lowest BCUT2D eigenvalue weighted by Crippen LogP contribution is -2.45. The molecule has 6 heteroatoms. The topological polar surface area (TPSA) is 64.3 Å². The summed E-state index contributed by atoms with van der Waals surface area (Å²) in [4.78, 5) is 23.4. The number of nitrogens with zero attached hydrogens (tertiary/aromatic N) is 3. The molecule has 6 nitrogen and oxygen atoms in total. The predicted octanol–water partition coefficient (Wildman–Crippen LogP) is 1.26. The van der Waals surface area contributed by atoms with E-state index in [0.29, 0.717) is 11.7 Å². The molecule has 1 atom stereocenters. The van der Waals surface area contributed by atoms with Crippen LogP contribution in [-0.2, 0) is 6.54 Å². The van der Waals surface area contributed by atoms with Crippen molar-refractivity contribution in [3.05, 3.63) is 53.6 Å². The van der Waals surface area contributed by atoms with Gasteiger partial charge >= 0.3 is 0 Å². The van der Waals surface area contributed by atoms with Crippen LogP contribution in [0.3, 0.4) is 0 Å². The summed E-state index contributed by atoms with van der Waals surface area (Å²) in [6, 6.07) is 8.33. The standard InChI is InChI=1S/C17H23N5O/c1-21(2)17(23)15-4-3-14(20-15)12-22-10-9-19-11-16(22)13-5-7-18-8-6-13/h3-8,16,19-20H,9-12H2,1-2H3. The number of H-pyrrole nitrogens is 1. The second kappa shape index (κ2) is 6.93. The highest BCUT2D eigenvalue weighted by atomic mass is 16.2. The van der Waals surface area contributed by atoms with Gasteiger partial charge in [0.25, 0.3) is 5.91 Å². The number of aromatic nitrogens is 2. The van der Waals surface area contributed by atoms with Crippen LogP contribution in [0.1, 0.15) is 27.8 Å². The fourth-order valence-corrected chi connectivity index (χ4v) is 2.97. The summed E-state index contributed by atoms with van der Waals surface area (Å²) in [5, 5.41) is 3.45. The normalized spacial score (nSPS) is 18.8. The van der Waals surface area contributed by atoms with E-state index in [4.69, 9.17) is 0 Å². The van der Waals surface area contributed by atoms with Gasteiger partial charge in [-0.25, -0.2) is 0 Å². The van der Waals surface area contributed by atoms with Crippen LogP contribution in [-0.4, -0.2) is 59.4 Å². The van der Waals surface area contributed by atoms with Crippen molar-refractivity contribution < 1.29 is 4.79 Å². The highest BCUT2D eigenvalue weighted by molar-refractivity contribution is 5.92. The van der Waals surface area contributed by atoms with E-state index >= 15 is 0 Å². The smallest absolute Gasteiger partial charge is 0.269 e. The van der Waals surface area contributed by atoms with E-state index in [0.717, 1.165) is 31.9 Å². The summed E-state index contributed by atoms with van der Waals surface area (Å²) in [6.45, 7) is 3.68. The number of aromatic amines is 1. The van der Waals surface area contributed by atoms with Gasteiger partial charge in [-0.1, -0.05) is 0 Å². The molecule has 1 amide bonds. The quantitative estimate of drug-likeness (QED) is 0.892. The van der Waals surface area contributed by atoms with Gasteiger partial charge in [-0.15, -0.1) is 0 Å². The molecule has 1 unspecified atom stereocenters. The van der Waals surface area contributed by atoms with Crippen LogP contribution < -0.4 is 5.32 Å². The maximum atomic E-state index is 12.0. The zero-order valence-electron chi connectivity index (χ0n) is 13.6. The van der Waals surface area contributed by atoms with Crippen molar-refractivity contribution in [3.63, 3.8) is 0 Å². The van der Waals surface area contributed by atoms with Gasteiger partial charge in [0.2, 0.25) is 0 Å². The number of amides is 1. The number of pyridine rings is 1. The van der Waals surface area contributed by atoms with Crippen LogP contribution in [0.5, 0.6) is 0 Å². The monoisotopic (exact) mass is 313 g/mol. The van der Waals surface area contributed by atoms with E-state index < -0.39 is 0 Å². The van der Waals surface area contributed by atoms with Gasteiger partial charge in [-0.05, 0) is 29.8 Å². The molecule has 2 aromatic rings. The molecule has 0 radical (unpaired) electrons. The number of rotatable bonds is 4. The minimum Gasteiger partial charge on any atom is -0.353 e. The molecular weight excluding hydrogens is 290 g/mol. The Kier molecular flexibility index (Phi) is 4.73. The van der Waals surface area contributed by atoms with Crippen LogP contribution in [0, 0.1) is 0 Å². The van der Waals surface area contributed by atoms with Gasteiger partial charge in [0, 0.05) is 64.4 Å². The largest absolute Gasteiger partial charge is 0.353 e. The fraction of sp³-hybridized carbons (Fsp3) is 0.412. The molecule has 1 aliphatic heterocycles. The van der Waals surface area contributed by atoms with Gasteiger partial charge in [0.15, 0.2) is 0 Å². The van der Waals surface area contributed by atoms with Crippen LogP contribution in [0.15, 0.2) is 36.7 Å². The number of piperazine rings is 1. The first kappa shape index (κ1) is 15.7. The summed E-state index contributed by atoms with van der Waals surface area (Å²) < 4.78 is 0. The SMILES string of the molecule is CN(C)C(=O)c1ccc(CN2CCNCC2c2ccncc2)[nH]1. The Balaban J connectivity index is 1.74. The molecule has 0 aromatic carbocycles. The highest BCUT2D eigenvalue weighted by Gasteiger charge is 2.24. The minimum absolute atomic E-state index is 0.00208. The van der Waals surface area contributed by atoms with Crippen molar-refractivity contribution in [2.24, 2.45) is 0 Å². The number of carbonyl (C=O) groups is 1. The summed E-state index contributed by atoms with van der Waals surface area (Å²) in [6.07, 6.45) is 3.68. The lowest BCUT2D eigenvalue weighted by Gasteiger charge is -2.36. The molecule has 1 fully saturated rings. The van der Waals surface area contributed by atoms with E-state index in [1.54, 1.807) is 19.0 Å². The van der Waals surface area contributed by atoms with Crippen molar-refractivity contribution in [2.45, 2.75) is 12.6 Å². The second-order valence-electron chi connectivity index (χ2n) is 6.07. The third kappa shape index (κ3) is 3.60. The third-order valence-corrected chi connectivity index (χ3v) is 4.20. The molecule has 0 bridgehead atoms. The summed E-state index contributed by atoms with van der Waals surface area (Å²) in [5.74, 6) is 0.00208. The summed E-state index contributed by atoms with van der Waals surface area (Å²) in [5.41, 5.74) is 2.97. The molecule has 2 aromatic heterocycles. The second-order valence-corrected chi connectivity index (χ2v) is 6.07. The molecule has 122 valence electrons. The zero-order chi connectivity index (χ0) is 16.2. The third-order valence-electron chi connectivity index (χ3n) is 4.20. The van der Waals surface area contributed by atoms with Crippen LogP contribution in [0.2, 0.25) is 0 Å². The Morgan fingerprint density at radius 2 is 2.09 bits per heavy atom. The van der Waals surface area contributed by atoms with E-state index in [9.17, 15) is 4.79 Å². The zero-order valence-corrected chi connectivity index (χ0v) is 13.6. The van der Waals surface area contributed by atoms with Crippen molar-refractivity contribution in [1.82, 2.24) is 25.1 Å². The average molecular weight is 313 g/mol. The molecule has 0 saturated carbocycles. The molecule has 0 spiro atoms. The Hall–Kier alpha value is -2.18. The molecule has 3 heterocycles. The molecule has 3 rings (SSSR count). The van der Waals surface area contributed by atoms with E-state index in [1.807, 2.05) is 24.5 Å². The van der Waals surface area contributed by atoms with Crippen molar-refractivity contribution in [3.8, 4) is 0 Å². The van der Waals surface area contributed by atoms with Crippen LogP contribution in [0.25, 0.3) is 0 Å². The molecule has 1 saturated heterocycles. The first-order chi connectivity index (χ1) is 11.1. The number of hydrogen-bond acceptors (Lipinski definition) is 4. The molecule has 2 N–H and O–H groups in total. The molecular formula is C17H23N5O. The first-order valence-electron chi connectivity index (χ1n) is 7.89. The Morgan fingerprint density at radius 3 is 2.83 bits per heavy atom. The molecule has 23 heavy (non-hydrogen) atoms. The van der Waals surface area contributed by atoms with Gasteiger partial charge in [0.05, 0.1) is 0 Å². The Morgan fingerprint density at radius 1 is 1.30 bits per heavy atom.